The van der Waals surface area contributed by atoms with Gasteiger partial charge in [-0.3, -0.25) is 9.97 Å². The first-order valence-electron chi connectivity index (χ1n) is 15.6. The van der Waals surface area contributed by atoms with Crippen LogP contribution in [0.4, 0.5) is 4.32 Å². The van der Waals surface area contributed by atoms with E-state index in [0.717, 1.165) is 77.1 Å². The number of hydrogen-bond acceptors (Lipinski definition) is 4. The molecule has 0 atom stereocenters. The van der Waals surface area contributed by atoms with Crippen molar-refractivity contribution in [2.24, 2.45) is 0 Å². The zero-order valence-electron chi connectivity index (χ0n) is 26.4. The molecule has 1 radical (unpaired) electrons. The van der Waals surface area contributed by atoms with E-state index in [2.05, 4.69) is 142 Å². The van der Waals surface area contributed by atoms with Crippen molar-refractivity contribution in [3.63, 3.8) is 0 Å². The van der Waals surface area contributed by atoms with E-state index in [1.165, 1.54) is 5.77 Å². The van der Waals surface area contributed by atoms with Crippen LogP contribution in [0.25, 0.3) is 39.8 Å². The number of allylic oxidation sites excluding steroid dienone is 3. The standard InChI is InChI=1S/C39H27BFI2N4S2/c1-24-35(31-12-14-33(42)48-31)29(10-8-26-16-20-44-21-17-26)46-38(24)37(28-6-4-3-5-7-28)39-25(2)36(32-13-15-34(43)49-32)30(47(39)40(46)41)11-9-27-18-22-45-23-19-27/h3-23H,1-2H3/b10-8+,11-9+. The number of hydrogen-bond donors (Lipinski definition) is 0. The fourth-order valence-electron chi connectivity index (χ4n) is 6.77. The fraction of sp³-hybridized carbons (Fsp3) is 0.0513. The van der Waals surface area contributed by atoms with Crippen molar-refractivity contribution in [2.75, 3.05) is 0 Å². The number of rotatable bonds is 7. The molecule has 8 rings (SSSR count). The van der Waals surface area contributed by atoms with Crippen LogP contribution >= 0.6 is 67.9 Å². The van der Waals surface area contributed by atoms with Gasteiger partial charge >= 0.3 is 7.26 Å². The van der Waals surface area contributed by atoms with Gasteiger partial charge in [-0.2, -0.15) is 0 Å². The largest absolute Gasteiger partial charge is 0.533 e. The zero-order chi connectivity index (χ0) is 33.6. The Morgan fingerprint density at radius 2 is 1.31 bits per heavy atom. The molecule has 0 saturated heterocycles. The van der Waals surface area contributed by atoms with Crippen LogP contribution in [0.15, 0.2) is 121 Å². The van der Waals surface area contributed by atoms with Crippen LogP contribution in [0.1, 0.15) is 45.4 Å². The molecular weight excluding hydrogens is 872 g/mol. The molecule has 0 aliphatic carbocycles. The summed E-state index contributed by atoms with van der Waals surface area (Å²) in [5.41, 5.74) is 11.8. The lowest BCUT2D eigenvalue weighted by molar-refractivity contribution is -0.335. The minimum Gasteiger partial charge on any atom is -0.445 e. The van der Waals surface area contributed by atoms with Crippen molar-refractivity contribution in [3.05, 3.63) is 165 Å². The van der Waals surface area contributed by atoms with Gasteiger partial charge in [-0.1, -0.05) is 36.4 Å². The van der Waals surface area contributed by atoms with Crippen LogP contribution in [0, 0.1) is 12.7 Å². The van der Waals surface area contributed by atoms with Gasteiger partial charge < -0.3 is 13.3 Å². The van der Waals surface area contributed by atoms with Crippen molar-refractivity contribution >= 4 is 110 Å². The van der Waals surface area contributed by atoms with Gasteiger partial charge in [0.2, 0.25) is 0 Å². The van der Waals surface area contributed by atoms with Gasteiger partial charge in [-0.15, -0.1) is 22.7 Å². The average molecular weight is 899 g/mol. The van der Waals surface area contributed by atoms with Crippen LogP contribution in [0.5, 0.6) is 0 Å². The zero-order valence-corrected chi connectivity index (χ0v) is 32.4. The Morgan fingerprint density at radius 1 is 0.714 bits per heavy atom. The third kappa shape index (κ3) is 5.86. The molecule has 0 amide bonds. The van der Waals surface area contributed by atoms with Gasteiger partial charge in [-0.05, 0) is 142 Å². The first kappa shape index (κ1) is 32.5. The van der Waals surface area contributed by atoms with E-state index in [9.17, 15) is 0 Å². The van der Waals surface area contributed by atoms with Gasteiger partial charge in [0.05, 0.1) is 16.9 Å². The Hall–Kier alpha value is -3.72. The van der Waals surface area contributed by atoms with Gasteiger partial charge in [-0.25, -0.2) is 0 Å². The molecule has 49 heavy (non-hydrogen) atoms. The van der Waals surface area contributed by atoms with Crippen molar-refractivity contribution in [2.45, 2.75) is 13.8 Å². The highest BCUT2D eigenvalue weighted by atomic mass is 127. The molecule has 6 aromatic rings. The van der Waals surface area contributed by atoms with E-state index in [0.29, 0.717) is 0 Å². The summed E-state index contributed by atoms with van der Waals surface area (Å²) >= 11 is 8.20. The average Bonchev–Trinajstić information content (AvgIpc) is 3.88. The molecule has 2 aliphatic heterocycles. The Labute approximate surface area is 320 Å². The van der Waals surface area contributed by atoms with Gasteiger partial charge in [0.1, 0.15) is 0 Å². The minimum absolute atomic E-state index is 0.830. The summed E-state index contributed by atoms with van der Waals surface area (Å²) in [6, 6.07) is 26.9. The molecule has 0 saturated carbocycles. The van der Waals surface area contributed by atoms with E-state index in [-0.39, 0.29) is 0 Å². The van der Waals surface area contributed by atoms with E-state index in [1.807, 2.05) is 39.3 Å². The molecule has 0 unspecified atom stereocenters. The molecule has 0 spiro atoms. The molecule has 0 fully saturated rings. The van der Waals surface area contributed by atoms with Crippen molar-refractivity contribution in [1.29, 1.82) is 0 Å². The lowest BCUT2D eigenvalue weighted by Crippen LogP contribution is -2.41. The summed E-state index contributed by atoms with van der Waals surface area (Å²) in [6.07, 6.45) is 15.4. The number of aromatic nitrogens is 3. The highest BCUT2D eigenvalue weighted by Crippen LogP contribution is 2.49. The molecule has 0 N–H and O–H groups in total. The summed E-state index contributed by atoms with van der Waals surface area (Å²) in [6.45, 7) is 4.29. The summed E-state index contributed by atoms with van der Waals surface area (Å²) in [5, 5.41) is 0. The van der Waals surface area contributed by atoms with Crippen LogP contribution in [0.3, 0.4) is 0 Å². The highest BCUT2D eigenvalue weighted by Gasteiger charge is 2.45. The second-order valence-corrected chi connectivity index (χ2v) is 17.7. The van der Waals surface area contributed by atoms with Gasteiger partial charge in [0.25, 0.3) is 0 Å². The van der Waals surface area contributed by atoms with E-state index >= 15 is 4.32 Å². The minimum atomic E-state index is -1.51. The molecule has 1 aromatic carbocycles. The third-order valence-corrected chi connectivity index (χ3v) is 12.7. The number of fused-ring (bicyclic) bond motifs is 2. The highest BCUT2D eigenvalue weighted by molar-refractivity contribution is 14.1. The van der Waals surface area contributed by atoms with Crippen LogP contribution < -0.4 is 0 Å². The predicted octanol–water partition coefficient (Wildman–Crippen LogP) is 11.0. The van der Waals surface area contributed by atoms with Crippen LogP contribution in [-0.4, -0.2) is 31.9 Å². The van der Waals surface area contributed by atoms with E-state index in [1.54, 1.807) is 47.5 Å². The SMILES string of the molecule is CC1=C(c2ccc(I)s2)C(/C=C/c2ccncc2)=[N+]2[B-](F)n3c(/C=C/c4ccncc4)c(-c4ccc(I)s4)c(C)c3C(c3ccccc3)=C12. The number of thiophene rings is 2. The molecule has 10 heteroatoms. The fourth-order valence-corrected chi connectivity index (χ4v) is 10.2. The normalized spacial score (nSPS) is 15.0. The third-order valence-electron chi connectivity index (χ3n) is 8.85. The number of halogens is 3. The number of pyridine rings is 2. The van der Waals surface area contributed by atoms with Crippen molar-refractivity contribution < 1.29 is 8.80 Å². The number of benzene rings is 1. The molecule has 7 heterocycles. The summed E-state index contributed by atoms with van der Waals surface area (Å²) in [4.78, 5) is 10.6. The predicted molar refractivity (Wildman–Crippen MR) is 221 cm³/mol. The Balaban J connectivity index is 1.48. The van der Waals surface area contributed by atoms with E-state index in [4.69, 9.17) is 0 Å². The smallest absolute Gasteiger partial charge is 0.445 e. The molecule has 4 nitrogen and oxygen atoms in total. The monoisotopic (exact) mass is 899 g/mol. The topological polar surface area (TPSA) is 33.7 Å². The quantitative estimate of drug-likeness (QED) is 0.118. The second kappa shape index (κ2) is 13.5. The Bertz CT molecular complexity index is 2390. The lowest BCUT2D eigenvalue weighted by atomic mass is 9.87. The van der Waals surface area contributed by atoms with Crippen molar-refractivity contribution in [3.8, 4) is 10.4 Å². The molecule has 2 aliphatic rings. The Kier molecular flexibility index (Phi) is 8.98. The maximum absolute atomic E-state index is 18.1. The molecule has 0 bridgehead atoms. The molecule has 5 aromatic heterocycles. The van der Waals surface area contributed by atoms with Crippen LogP contribution in [0.2, 0.25) is 0 Å². The summed E-state index contributed by atoms with van der Waals surface area (Å²) in [7, 11) is -1.51. The first-order chi connectivity index (χ1) is 23.9. The molecular formula is C39H27BFI2N4S2. The maximum Gasteiger partial charge on any atom is 0.533 e. The van der Waals surface area contributed by atoms with E-state index < -0.39 is 7.26 Å². The first-order valence-corrected chi connectivity index (χ1v) is 19.4. The lowest BCUT2D eigenvalue weighted by Gasteiger charge is -2.31. The van der Waals surface area contributed by atoms with Crippen LogP contribution in [-0.2, 0) is 0 Å². The Morgan fingerprint density at radius 3 is 1.90 bits per heavy atom. The molecule has 239 valence electrons. The second-order valence-electron chi connectivity index (χ2n) is 11.7. The van der Waals surface area contributed by atoms with Gasteiger partial charge in [0, 0.05) is 63.1 Å². The number of nitrogens with zero attached hydrogens (tertiary/aromatic N) is 4. The maximum atomic E-state index is 18.1. The van der Waals surface area contributed by atoms with Crippen molar-refractivity contribution in [1.82, 2.24) is 14.4 Å². The van der Waals surface area contributed by atoms with Gasteiger partial charge in [0.15, 0.2) is 11.4 Å². The summed E-state index contributed by atoms with van der Waals surface area (Å²) < 4.78 is 24.3. The summed E-state index contributed by atoms with van der Waals surface area (Å²) in [5.74, 6) is 0.